The van der Waals surface area contributed by atoms with Crippen LogP contribution in [0.2, 0.25) is 0 Å². The van der Waals surface area contributed by atoms with Crippen molar-refractivity contribution in [1.82, 2.24) is 4.90 Å². The van der Waals surface area contributed by atoms with Crippen LogP contribution in [0.1, 0.15) is 37.6 Å². The number of carbonyl (C=O) groups is 1. The van der Waals surface area contributed by atoms with Gasteiger partial charge >= 0.3 is 0 Å². The maximum atomic E-state index is 11.2. The van der Waals surface area contributed by atoms with Crippen LogP contribution in [-0.4, -0.2) is 29.9 Å². The Hall–Kier alpha value is -0.910. The van der Waals surface area contributed by atoms with Crippen molar-refractivity contribution in [2.75, 3.05) is 13.1 Å². The van der Waals surface area contributed by atoms with Gasteiger partial charge in [-0.2, -0.15) is 0 Å². The lowest BCUT2D eigenvalue weighted by Crippen LogP contribution is -2.43. The number of carbonyl (C=O) groups excluding carboxylic acids is 1. The average molecular weight is 269 g/mol. The van der Waals surface area contributed by atoms with Gasteiger partial charge < -0.3 is 11.5 Å². The van der Waals surface area contributed by atoms with Gasteiger partial charge in [0.1, 0.15) is 0 Å². The van der Waals surface area contributed by atoms with Crippen molar-refractivity contribution in [2.24, 2.45) is 11.5 Å². The first kappa shape index (κ1) is 15.1. The molecule has 1 heterocycles. The highest BCUT2D eigenvalue weighted by atomic mass is 32.1. The Balaban J connectivity index is 2.86. The number of primary amides is 1. The first-order valence-electron chi connectivity index (χ1n) is 6.37. The maximum absolute atomic E-state index is 11.2. The quantitative estimate of drug-likeness (QED) is 0.755. The third kappa shape index (κ3) is 4.40. The zero-order valence-corrected chi connectivity index (χ0v) is 12.0. The Morgan fingerprint density at radius 2 is 2.28 bits per heavy atom. The van der Waals surface area contributed by atoms with Crippen molar-refractivity contribution in [3.8, 4) is 0 Å². The van der Waals surface area contributed by atoms with E-state index in [9.17, 15) is 4.79 Å². The molecule has 0 spiro atoms. The van der Waals surface area contributed by atoms with E-state index in [1.165, 1.54) is 4.88 Å². The largest absolute Gasteiger partial charge is 0.369 e. The van der Waals surface area contributed by atoms with Crippen molar-refractivity contribution in [3.05, 3.63) is 22.4 Å². The van der Waals surface area contributed by atoms with Gasteiger partial charge in [0.15, 0.2) is 0 Å². The molecule has 2 atom stereocenters. The molecule has 4 nitrogen and oxygen atoms in total. The number of unbranched alkanes of at least 4 members (excludes halogenated alkanes) is 1. The summed E-state index contributed by atoms with van der Waals surface area (Å²) >= 11 is 1.67. The van der Waals surface area contributed by atoms with E-state index >= 15 is 0 Å². The molecule has 4 N–H and O–H groups in total. The van der Waals surface area contributed by atoms with E-state index in [0.29, 0.717) is 0 Å². The molecule has 0 aliphatic carbocycles. The molecule has 1 aromatic rings. The number of thiophene rings is 1. The molecule has 1 amide bonds. The Morgan fingerprint density at radius 3 is 2.72 bits per heavy atom. The summed E-state index contributed by atoms with van der Waals surface area (Å²) < 4.78 is 0. The number of amides is 1. The maximum Gasteiger partial charge on any atom is 0.231 e. The highest BCUT2D eigenvalue weighted by Crippen LogP contribution is 2.27. The van der Waals surface area contributed by atoms with Gasteiger partial charge in [-0.15, -0.1) is 11.3 Å². The van der Waals surface area contributed by atoms with Crippen LogP contribution in [0.15, 0.2) is 17.5 Å². The third-order valence-corrected chi connectivity index (χ3v) is 3.83. The van der Waals surface area contributed by atoms with Crippen molar-refractivity contribution in [3.63, 3.8) is 0 Å². The van der Waals surface area contributed by atoms with Gasteiger partial charge in [-0.05, 0) is 31.3 Å². The molecule has 18 heavy (non-hydrogen) atoms. The fraction of sp³-hybridized carbons (Fsp3) is 0.615. The van der Waals surface area contributed by atoms with E-state index in [4.69, 9.17) is 11.5 Å². The zero-order valence-electron chi connectivity index (χ0n) is 11.1. The Labute approximate surface area is 113 Å². The van der Waals surface area contributed by atoms with Crippen LogP contribution >= 0.6 is 11.3 Å². The summed E-state index contributed by atoms with van der Waals surface area (Å²) in [6.07, 6.45) is 2.13. The van der Waals surface area contributed by atoms with E-state index in [0.717, 1.165) is 19.4 Å². The summed E-state index contributed by atoms with van der Waals surface area (Å²) in [7, 11) is 0. The molecular formula is C13H23N3OS. The first-order chi connectivity index (χ1) is 8.56. The first-order valence-corrected chi connectivity index (χ1v) is 7.25. The van der Waals surface area contributed by atoms with Crippen molar-refractivity contribution in [1.29, 1.82) is 0 Å². The molecule has 0 saturated carbocycles. The summed E-state index contributed by atoms with van der Waals surface area (Å²) in [5, 5.41) is 2.03. The van der Waals surface area contributed by atoms with Crippen LogP contribution in [0, 0.1) is 0 Å². The third-order valence-electron chi connectivity index (χ3n) is 2.88. The molecule has 1 aromatic heterocycles. The molecule has 0 saturated heterocycles. The standard InChI is InChI=1S/C13H23N3OS/c1-3-4-7-16(9-12(15)17)13(10(2)14)11-6-5-8-18-11/h5-6,8,10,13H,3-4,7,9,14H2,1-2H3,(H2,15,17). The van der Waals surface area contributed by atoms with E-state index in [-0.39, 0.29) is 24.5 Å². The second-order valence-electron chi connectivity index (χ2n) is 4.61. The van der Waals surface area contributed by atoms with Gasteiger partial charge in [-0.1, -0.05) is 19.4 Å². The molecule has 0 aromatic carbocycles. The Bertz CT molecular complexity index is 351. The van der Waals surface area contributed by atoms with Gasteiger partial charge in [0.25, 0.3) is 0 Å². The summed E-state index contributed by atoms with van der Waals surface area (Å²) in [6, 6.07) is 4.12. The molecule has 2 unspecified atom stereocenters. The molecule has 5 heteroatoms. The summed E-state index contributed by atoms with van der Waals surface area (Å²) in [6.45, 7) is 5.23. The van der Waals surface area contributed by atoms with Crippen molar-refractivity contribution in [2.45, 2.75) is 38.8 Å². The van der Waals surface area contributed by atoms with E-state index in [2.05, 4.69) is 17.9 Å². The molecule has 0 fully saturated rings. The topological polar surface area (TPSA) is 72.3 Å². The van der Waals surface area contributed by atoms with Crippen LogP contribution in [-0.2, 0) is 4.79 Å². The summed E-state index contributed by atoms with van der Waals surface area (Å²) in [5.41, 5.74) is 11.4. The predicted octanol–water partition coefficient (Wildman–Crippen LogP) is 1.72. The number of nitrogens with zero attached hydrogens (tertiary/aromatic N) is 1. The molecule has 1 rings (SSSR count). The lowest BCUT2D eigenvalue weighted by atomic mass is 10.1. The second kappa shape index (κ2) is 7.51. The number of hydrogen-bond donors (Lipinski definition) is 2. The van der Waals surface area contributed by atoms with Crippen LogP contribution in [0.25, 0.3) is 0 Å². The Kier molecular flexibility index (Phi) is 6.32. The minimum absolute atomic E-state index is 0.0279. The van der Waals surface area contributed by atoms with Gasteiger partial charge in [0, 0.05) is 10.9 Å². The lowest BCUT2D eigenvalue weighted by molar-refractivity contribution is -0.119. The molecule has 0 bridgehead atoms. The minimum Gasteiger partial charge on any atom is -0.369 e. The van der Waals surface area contributed by atoms with Crippen molar-refractivity contribution >= 4 is 17.2 Å². The number of nitrogens with two attached hydrogens (primary N) is 2. The molecule has 102 valence electrons. The minimum atomic E-state index is -0.298. The van der Waals surface area contributed by atoms with E-state index in [1.54, 1.807) is 11.3 Å². The fourth-order valence-electron chi connectivity index (χ4n) is 2.11. The van der Waals surface area contributed by atoms with Gasteiger partial charge in [-0.25, -0.2) is 0 Å². The highest BCUT2D eigenvalue weighted by molar-refractivity contribution is 7.10. The Morgan fingerprint density at radius 1 is 1.56 bits per heavy atom. The predicted molar refractivity (Wildman–Crippen MR) is 76.4 cm³/mol. The molecule has 0 aliphatic rings. The second-order valence-corrected chi connectivity index (χ2v) is 5.59. The summed E-state index contributed by atoms with van der Waals surface area (Å²) in [4.78, 5) is 14.5. The van der Waals surface area contributed by atoms with Crippen LogP contribution in [0.4, 0.5) is 0 Å². The molecule has 0 radical (unpaired) electrons. The molecular weight excluding hydrogens is 246 g/mol. The normalized spacial score (nSPS) is 14.7. The lowest BCUT2D eigenvalue weighted by Gasteiger charge is -2.32. The smallest absolute Gasteiger partial charge is 0.231 e. The summed E-state index contributed by atoms with van der Waals surface area (Å²) in [5.74, 6) is -0.298. The van der Waals surface area contributed by atoms with Crippen LogP contribution < -0.4 is 11.5 Å². The van der Waals surface area contributed by atoms with Gasteiger partial charge in [-0.3, -0.25) is 9.69 Å². The van der Waals surface area contributed by atoms with Crippen LogP contribution in [0.5, 0.6) is 0 Å². The van der Waals surface area contributed by atoms with Gasteiger partial charge in [0.2, 0.25) is 5.91 Å². The molecule has 0 aliphatic heterocycles. The van der Waals surface area contributed by atoms with E-state index < -0.39 is 0 Å². The zero-order chi connectivity index (χ0) is 13.5. The monoisotopic (exact) mass is 269 g/mol. The van der Waals surface area contributed by atoms with Crippen LogP contribution in [0.3, 0.4) is 0 Å². The number of rotatable bonds is 8. The fourth-order valence-corrected chi connectivity index (χ4v) is 3.08. The van der Waals surface area contributed by atoms with Gasteiger partial charge in [0.05, 0.1) is 12.6 Å². The average Bonchev–Trinajstić information content (AvgIpc) is 2.78. The number of hydrogen-bond acceptors (Lipinski definition) is 4. The van der Waals surface area contributed by atoms with E-state index in [1.807, 2.05) is 18.4 Å². The highest BCUT2D eigenvalue weighted by Gasteiger charge is 2.25. The van der Waals surface area contributed by atoms with Crippen molar-refractivity contribution < 1.29 is 4.79 Å². The SMILES string of the molecule is CCCCN(CC(N)=O)C(c1cccs1)C(C)N.